The highest BCUT2D eigenvalue weighted by Gasteiger charge is 2.51. The molecule has 1 atom stereocenters. The van der Waals surface area contributed by atoms with Crippen LogP contribution in [0.4, 0.5) is 5.69 Å². The standard InChI is InChI=1S/C25H30N4O3/c1-2-5-22(30)27-20-9-7-19(8-10-20)16-23(31)29-15-12-25(18-29)11-14-28(24(25)32)17-21-6-3-4-13-26-21/h3-4,6-10,13H,2,5,11-12,14-18H2,1H3,(H,27,30). The highest BCUT2D eigenvalue weighted by atomic mass is 16.2. The van der Waals surface area contributed by atoms with E-state index in [0.717, 1.165) is 36.2 Å². The van der Waals surface area contributed by atoms with Crippen LogP contribution in [0.2, 0.25) is 0 Å². The van der Waals surface area contributed by atoms with Crippen LogP contribution < -0.4 is 5.32 Å². The van der Waals surface area contributed by atoms with Gasteiger partial charge in [0.1, 0.15) is 0 Å². The molecule has 1 aromatic carbocycles. The van der Waals surface area contributed by atoms with Crippen LogP contribution >= 0.6 is 0 Å². The molecule has 0 aliphatic carbocycles. The summed E-state index contributed by atoms with van der Waals surface area (Å²) in [5.74, 6) is 0.184. The lowest BCUT2D eigenvalue weighted by molar-refractivity contribution is -0.136. The largest absolute Gasteiger partial charge is 0.341 e. The summed E-state index contributed by atoms with van der Waals surface area (Å²) in [7, 11) is 0. The van der Waals surface area contributed by atoms with Crippen molar-refractivity contribution >= 4 is 23.4 Å². The Morgan fingerprint density at radius 1 is 1.09 bits per heavy atom. The van der Waals surface area contributed by atoms with Crippen LogP contribution in [-0.4, -0.2) is 52.1 Å². The Hall–Kier alpha value is -3.22. The molecule has 7 heteroatoms. The first-order valence-corrected chi connectivity index (χ1v) is 11.3. The van der Waals surface area contributed by atoms with Gasteiger partial charge in [-0.1, -0.05) is 25.1 Å². The van der Waals surface area contributed by atoms with Gasteiger partial charge in [0, 0.05) is 37.9 Å². The number of nitrogens with zero attached hydrogens (tertiary/aromatic N) is 3. The number of amides is 3. The molecule has 2 aliphatic heterocycles. The third-order valence-corrected chi connectivity index (χ3v) is 6.46. The molecule has 1 unspecified atom stereocenters. The molecule has 1 N–H and O–H groups in total. The van der Waals surface area contributed by atoms with E-state index >= 15 is 0 Å². The van der Waals surface area contributed by atoms with Gasteiger partial charge in [-0.25, -0.2) is 0 Å². The average molecular weight is 435 g/mol. The van der Waals surface area contributed by atoms with Gasteiger partial charge >= 0.3 is 0 Å². The molecule has 3 amide bonds. The van der Waals surface area contributed by atoms with Gasteiger partial charge in [-0.2, -0.15) is 0 Å². The summed E-state index contributed by atoms with van der Waals surface area (Å²) >= 11 is 0. The van der Waals surface area contributed by atoms with E-state index in [9.17, 15) is 14.4 Å². The number of benzene rings is 1. The Balaban J connectivity index is 1.32. The summed E-state index contributed by atoms with van der Waals surface area (Å²) in [4.78, 5) is 45.8. The van der Waals surface area contributed by atoms with Gasteiger partial charge in [0.15, 0.2) is 0 Å². The zero-order valence-corrected chi connectivity index (χ0v) is 18.5. The van der Waals surface area contributed by atoms with E-state index in [0.29, 0.717) is 39.0 Å². The first-order valence-electron chi connectivity index (χ1n) is 11.3. The molecular formula is C25H30N4O3. The minimum Gasteiger partial charge on any atom is -0.341 e. The van der Waals surface area contributed by atoms with Crippen LogP contribution in [0.5, 0.6) is 0 Å². The average Bonchev–Trinajstić information content (AvgIpc) is 3.36. The van der Waals surface area contributed by atoms with Crippen LogP contribution in [0.15, 0.2) is 48.7 Å². The lowest BCUT2D eigenvalue weighted by Crippen LogP contribution is -2.38. The van der Waals surface area contributed by atoms with Crippen LogP contribution in [0.1, 0.15) is 43.9 Å². The van der Waals surface area contributed by atoms with Gasteiger partial charge in [-0.15, -0.1) is 0 Å². The zero-order valence-electron chi connectivity index (χ0n) is 18.5. The first kappa shape index (κ1) is 22.0. The summed E-state index contributed by atoms with van der Waals surface area (Å²) in [6.07, 6.45) is 4.85. The summed E-state index contributed by atoms with van der Waals surface area (Å²) in [6, 6.07) is 13.1. The zero-order chi connectivity index (χ0) is 22.6. The fourth-order valence-electron chi connectivity index (χ4n) is 4.64. The summed E-state index contributed by atoms with van der Waals surface area (Å²) in [6.45, 7) is 4.31. The van der Waals surface area contributed by atoms with Crippen LogP contribution in [0.3, 0.4) is 0 Å². The van der Waals surface area contributed by atoms with Crippen molar-refractivity contribution in [3.8, 4) is 0 Å². The van der Waals surface area contributed by atoms with E-state index in [4.69, 9.17) is 0 Å². The number of aromatic nitrogens is 1. The molecule has 4 rings (SSSR count). The maximum atomic E-state index is 13.2. The number of likely N-dealkylation sites (tertiary alicyclic amines) is 2. The van der Waals surface area contributed by atoms with Gasteiger partial charge in [0.05, 0.1) is 24.1 Å². The van der Waals surface area contributed by atoms with Crippen molar-refractivity contribution in [3.05, 3.63) is 59.9 Å². The van der Waals surface area contributed by atoms with Crippen molar-refractivity contribution in [3.63, 3.8) is 0 Å². The molecule has 32 heavy (non-hydrogen) atoms. The van der Waals surface area contributed by atoms with Crippen molar-refractivity contribution in [1.82, 2.24) is 14.8 Å². The van der Waals surface area contributed by atoms with Crippen molar-refractivity contribution < 1.29 is 14.4 Å². The fourth-order valence-corrected chi connectivity index (χ4v) is 4.64. The molecule has 2 aliphatic rings. The van der Waals surface area contributed by atoms with Crippen molar-refractivity contribution in [1.29, 1.82) is 0 Å². The number of pyridine rings is 1. The Bertz CT molecular complexity index is 976. The van der Waals surface area contributed by atoms with Gasteiger partial charge in [0.25, 0.3) is 0 Å². The maximum absolute atomic E-state index is 13.2. The molecule has 3 heterocycles. The number of hydrogen-bond acceptors (Lipinski definition) is 4. The van der Waals surface area contributed by atoms with Crippen molar-refractivity contribution in [2.24, 2.45) is 5.41 Å². The van der Waals surface area contributed by atoms with Crippen molar-refractivity contribution in [2.45, 2.75) is 45.6 Å². The second-order valence-electron chi connectivity index (χ2n) is 8.82. The van der Waals surface area contributed by atoms with Gasteiger partial charge in [-0.05, 0) is 49.1 Å². The molecule has 2 fully saturated rings. The first-order chi connectivity index (χ1) is 15.5. The van der Waals surface area contributed by atoms with Crippen molar-refractivity contribution in [2.75, 3.05) is 25.0 Å². The Labute approximate surface area is 188 Å². The molecular weight excluding hydrogens is 404 g/mol. The predicted octanol–water partition coefficient (Wildman–Crippen LogP) is 3.01. The normalized spacial score (nSPS) is 20.2. The molecule has 2 saturated heterocycles. The minimum atomic E-state index is -0.447. The Morgan fingerprint density at radius 3 is 2.59 bits per heavy atom. The fraction of sp³-hybridized carbons (Fsp3) is 0.440. The lowest BCUT2D eigenvalue weighted by atomic mass is 9.85. The molecule has 168 valence electrons. The molecule has 0 saturated carbocycles. The van der Waals surface area contributed by atoms with Gasteiger partial charge in [-0.3, -0.25) is 19.4 Å². The maximum Gasteiger partial charge on any atom is 0.231 e. The molecule has 7 nitrogen and oxygen atoms in total. The van der Waals surface area contributed by atoms with Gasteiger partial charge in [0.2, 0.25) is 17.7 Å². The Morgan fingerprint density at radius 2 is 1.88 bits per heavy atom. The second-order valence-corrected chi connectivity index (χ2v) is 8.82. The highest BCUT2D eigenvalue weighted by Crippen LogP contribution is 2.41. The van der Waals surface area contributed by atoms with E-state index in [-0.39, 0.29) is 17.7 Å². The lowest BCUT2D eigenvalue weighted by Gasteiger charge is -2.23. The third kappa shape index (κ3) is 4.82. The van der Waals surface area contributed by atoms with Crippen LogP contribution in [0.25, 0.3) is 0 Å². The highest BCUT2D eigenvalue weighted by molar-refractivity contribution is 5.91. The summed E-state index contributed by atoms with van der Waals surface area (Å²) < 4.78 is 0. The van der Waals surface area contributed by atoms with E-state index < -0.39 is 5.41 Å². The minimum absolute atomic E-state index is 0.00277. The number of carbonyl (C=O) groups is 3. The number of nitrogens with one attached hydrogen (secondary N) is 1. The Kier molecular flexibility index (Phi) is 6.53. The van der Waals surface area contributed by atoms with E-state index in [2.05, 4.69) is 10.3 Å². The van der Waals surface area contributed by atoms with Crippen LogP contribution in [0, 0.1) is 5.41 Å². The molecule has 1 aromatic heterocycles. The van der Waals surface area contributed by atoms with Crippen LogP contribution in [-0.2, 0) is 27.3 Å². The van der Waals surface area contributed by atoms with E-state index in [1.165, 1.54) is 0 Å². The van der Waals surface area contributed by atoms with E-state index in [1.807, 2.05) is 59.2 Å². The quantitative estimate of drug-likeness (QED) is 0.726. The number of rotatable bonds is 7. The second kappa shape index (κ2) is 9.51. The van der Waals surface area contributed by atoms with E-state index in [1.54, 1.807) is 6.20 Å². The molecule has 0 radical (unpaired) electrons. The third-order valence-electron chi connectivity index (χ3n) is 6.46. The summed E-state index contributed by atoms with van der Waals surface area (Å²) in [5, 5.41) is 2.86. The smallest absolute Gasteiger partial charge is 0.231 e. The predicted molar refractivity (Wildman–Crippen MR) is 122 cm³/mol. The van der Waals surface area contributed by atoms with Gasteiger partial charge < -0.3 is 15.1 Å². The SMILES string of the molecule is CCCC(=O)Nc1ccc(CC(=O)N2CCC3(CCN(Cc4ccccn4)C3=O)C2)cc1. The molecule has 0 bridgehead atoms. The number of carbonyl (C=O) groups excluding carboxylic acids is 3. The molecule has 2 aromatic rings. The number of hydrogen-bond donors (Lipinski definition) is 1. The molecule has 1 spiro atoms. The number of anilines is 1. The summed E-state index contributed by atoms with van der Waals surface area (Å²) in [5.41, 5.74) is 2.08. The topological polar surface area (TPSA) is 82.6 Å². The monoisotopic (exact) mass is 434 g/mol.